The Balaban J connectivity index is 0.00000288. The number of hydrogen-bond donors (Lipinski definition) is 1. The maximum Gasteiger partial charge on any atom is 0.193 e. The normalized spacial score (nSPS) is 10.5. The molecule has 0 fully saturated rings. The molecule has 1 N–H and O–H groups in total. The molecule has 0 bridgehead atoms. The summed E-state index contributed by atoms with van der Waals surface area (Å²) < 4.78 is 0. The van der Waals surface area contributed by atoms with E-state index < -0.39 is 0 Å². The first-order valence-corrected chi connectivity index (χ1v) is 7.65. The number of nitriles is 1. The third-order valence-electron chi connectivity index (χ3n) is 3.44. The Bertz CT molecular complexity index is 705. The molecule has 2 rings (SSSR count). The molecule has 0 spiro atoms. The summed E-state index contributed by atoms with van der Waals surface area (Å²) in [6.07, 6.45) is 0. The molecule has 4 nitrogen and oxygen atoms in total. The Labute approximate surface area is 165 Å². The van der Waals surface area contributed by atoms with Crippen molar-refractivity contribution in [3.63, 3.8) is 0 Å². The molecule has 0 saturated heterocycles. The zero-order valence-electron chi connectivity index (χ0n) is 13.7. The van der Waals surface area contributed by atoms with Gasteiger partial charge in [-0.2, -0.15) is 5.26 Å². The third-order valence-corrected chi connectivity index (χ3v) is 3.69. The van der Waals surface area contributed by atoms with E-state index in [0.29, 0.717) is 12.1 Å². The van der Waals surface area contributed by atoms with Crippen LogP contribution < -0.4 is 5.32 Å². The molecule has 0 atom stereocenters. The maximum absolute atomic E-state index is 8.82. The van der Waals surface area contributed by atoms with Crippen molar-refractivity contribution in [2.75, 3.05) is 14.1 Å². The second-order valence-electron chi connectivity index (χ2n) is 5.19. The summed E-state index contributed by atoms with van der Waals surface area (Å²) in [6.45, 7) is 1.40. The second kappa shape index (κ2) is 10.2. The molecule has 24 heavy (non-hydrogen) atoms. The molecule has 6 heteroatoms. The van der Waals surface area contributed by atoms with Crippen LogP contribution in [-0.2, 0) is 13.1 Å². The lowest BCUT2D eigenvalue weighted by atomic mass is 10.1. The Morgan fingerprint density at radius 3 is 2.25 bits per heavy atom. The summed E-state index contributed by atoms with van der Waals surface area (Å²) in [5.74, 6) is 0.810. The van der Waals surface area contributed by atoms with Crippen molar-refractivity contribution < 1.29 is 0 Å². The smallest absolute Gasteiger partial charge is 0.193 e. The fraction of sp³-hybridized carbons (Fsp3) is 0.222. The molecule has 2 aromatic carbocycles. The van der Waals surface area contributed by atoms with Crippen molar-refractivity contribution >= 4 is 41.5 Å². The number of rotatable bonds is 4. The summed E-state index contributed by atoms with van der Waals surface area (Å²) in [6, 6.07) is 17.4. The van der Waals surface area contributed by atoms with Gasteiger partial charge in [-0.1, -0.05) is 35.9 Å². The van der Waals surface area contributed by atoms with Crippen molar-refractivity contribution in [1.29, 1.82) is 5.26 Å². The lowest BCUT2D eigenvalue weighted by molar-refractivity contribution is 0.476. The average molecular weight is 455 g/mol. The van der Waals surface area contributed by atoms with Crippen LogP contribution >= 0.6 is 35.6 Å². The van der Waals surface area contributed by atoms with Crippen LogP contribution in [0.5, 0.6) is 0 Å². The van der Waals surface area contributed by atoms with E-state index in [-0.39, 0.29) is 24.0 Å². The molecule has 0 amide bonds. The van der Waals surface area contributed by atoms with Gasteiger partial charge in [0.1, 0.15) is 0 Å². The number of benzene rings is 2. The predicted octanol–water partition coefficient (Wildman–Crippen LogP) is 4.04. The molecular formula is C18H20ClIN4. The van der Waals surface area contributed by atoms with E-state index in [0.717, 1.165) is 23.1 Å². The monoisotopic (exact) mass is 454 g/mol. The van der Waals surface area contributed by atoms with E-state index in [1.54, 1.807) is 7.05 Å². The zero-order chi connectivity index (χ0) is 16.7. The summed E-state index contributed by atoms with van der Waals surface area (Å²) in [5, 5.41) is 12.9. The van der Waals surface area contributed by atoms with Crippen LogP contribution in [0.3, 0.4) is 0 Å². The quantitative estimate of drug-likeness (QED) is 0.431. The topological polar surface area (TPSA) is 51.4 Å². The fourth-order valence-corrected chi connectivity index (χ4v) is 2.33. The van der Waals surface area contributed by atoms with E-state index in [4.69, 9.17) is 16.9 Å². The summed E-state index contributed by atoms with van der Waals surface area (Å²) >= 11 is 5.91. The van der Waals surface area contributed by atoms with Crippen molar-refractivity contribution in [1.82, 2.24) is 10.2 Å². The average Bonchev–Trinajstić information content (AvgIpc) is 2.58. The van der Waals surface area contributed by atoms with Gasteiger partial charge in [0.05, 0.1) is 11.6 Å². The number of halogens is 2. The molecule has 126 valence electrons. The summed E-state index contributed by atoms with van der Waals surface area (Å²) in [5.41, 5.74) is 2.93. The standard InChI is InChI=1S/C18H19ClN4.HI/c1-21-18(22-12-15-5-3-14(11-20)4-6-15)23(2)13-16-7-9-17(19)10-8-16;/h3-10H,12-13H2,1-2H3,(H,21,22);1H. The number of guanidine groups is 1. The number of nitrogens with one attached hydrogen (secondary N) is 1. The van der Waals surface area contributed by atoms with E-state index in [1.165, 1.54) is 5.56 Å². The highest BCUT2D eigenvalue weighted by molar-refractivity contribution is 14.0. The second-order valence-corrected chi connectivity index (χ2v) is 5.63. The SMILES string of the molecule is CN=C(NCc1ccc(C#N)cc1)N(C)Cc1ccc(Cl)cc1.I. The molecule has 2 aromatic rings. The molecule has 0 radical (unpaired) electrons. The van der Waals surface area contributed by atoms with Crippen LogP contribution in [0.15, 0.2) is 53.5 Å². The minimum Gasteiger partial charge on any atom is -0.352 e. The van der Waals surface area contributed by atoms with Crippen molar-refractivity contribution in [3.05, 3.63) is 70.2 Å². The van der Waals surface area contributed by atoms with Crippen molar-refractivity contribution in [3.8, 4) is 6.07 Å². The van der Waals surface area contributed by atoms with Gasteiger partial charge in [-0.15, -0.1) is 24.0 Å². The van der Waals surface area contributed by atoms with Gasteiger partial charge in [-0.05, 0) is 35.4 Å². The van der Waals surface area contributed by atoms with Gasteiger partial charge in [0.25, 0.3) is 0 Å². The van der Waals surface area contributed by atoms with E-state index in [9.17, 15) is 0 Å². The largest absolute Gasteiger partial charge is 0.352 e. The van der Waals surface area contributed by atoms with Gasteiger partial charge in [-0.25, -0.2) is 0 Å². The van der Waals surface area contributed by atoms with Crippen LogP contribution in [0.1, 0.15) is 16.7 Å². The van der Waals surface area contributed by atoms with Crippen molar-refractivity contribution in [2.24, 2.45) is 4.99 Å². The molecule has 0 aromatic heterocycles. The predicted molar refractivity (Wildman–Crippen MR) is 110 cm³/mol. The van der Waals surface area contributed by atoms with Gasteiger partial charge in [0.2, 0.25) is 0 Å². The first kappa shape index (κ1) is 20.3. The fourth-order valence-electron chi connectivity index (χ4n) is 2.20. The Morgan fingerprint density at radius 1 is 1.12 bits per heavy atom. The van der Waals surface area contributed by atoms with Gasteiger partial charge < -0.3 is 10.2 Å². The minimum absolute atomic E-state index is 0. The van der Waals surface area contributed by atoms with Gasteiger partial charge in [0, 0.05) is 32.2 Å². The van der Waals surface area contributed by atoms with E-state index in [1.807, 2.05) is 60.5 Å². The molecule has 0 saturated carbocycles. The van der Waals surface area contributed by atoms with Gasteiger partial charge >= 0.3 is 0 Å². The number of hydrogen-bond acceptors (Lipinski definition) is 2. The Morgan fingerprint density at radius 2 is 1.71 bits per heavy atom. The first-order chi connectivity index (χ1) is 11.1. The Hall–Kier alpha value is -1.78. The molecule has 0 aliphatic carbocycles. The highest BCUT2D eigenvalue weighted by Crippen LogP contribution is 2.11. The molecule has 0 heterocycles. The van der Waals surface area contributed by atoms with Crippen molar-refractivity contribution in [2.45, 2.75) is 13.1 Å². The third kappa shape index (κ3) is 6.02. The van der Waals surface area contributed by atoms with E-state index in [2.05, 4.69) is 16.4 Å². The zero-order valence-corrected chi connectivity index (χ0v) is 16.7. The maximum atomic E-state index is 8.82. The molecule has 0 unspecified atom stereocenters. The van der Waals surface area contributed by atoms with Crippen LogP contribution in [-0.4, -0.2) is 25.0 Å². The lowest BCUT2D eigenvalue weighted by Crippen LogP contribution is -2.38. The first-order valence-electron chi connectivity index (χ1n) is 7.27. The minimum atomic E-state index is 0. The number of aliphatic imine (C=N–C) groups is 1. The van der Waals surface area contributed by atoms with Gasteiger partial charge in [-0.3, -0.25) is 4.99 Å². The lowest BCUT2D eigenvalue weighted by Gasteiger charge is -2.22. The summed E-state index contributed by atoms with van der Waals surface area (Å²) in [4.78, 5) is 6.35. The van der Waals surface area contributed by atoms with E-state index >= 15 is 0 Å². The Kier molecular flexibility index (Phi) is 8.58. The van der Waals surface area contributed by atoms with Gasteiger partial charge in [0.15, 0.2) is 5.96 Å². The van der Waals surface area contributed by atoms with Crippen LogP contribution in [0, 0.1) is 11.3 Å². The van der Waals surface area contributed by atoms with Crippen LogP contribution in [0.4, 0.5) is 0 Å². The highest BCUT2D eigenvalue weighted by Gasteiger charge is 2.06. The summed E-state index contributed by atoms with van der Waals surface area (Å²) in [7, 11) is 3.75. The molecule has 0 aliphatic rings. The van der Waals surface area contributed by atoms with Crippen LogP contribution in [0.2, 0.25) is 5.02 Å². The molecular weight excluding hydrogens is 435 g/mol. The highest BCUT2D eigenvalue weighted by atomic mass is 127. The number of nitrogens with zero attached hydrogens (tertiary/aromatic N) is 3. The van der Waals surface area contributed by atoms with Crippen LogP contribution in [0.25, 0.3) is 0 Å². The molecule has 0 aliphatic heterocycles.